The van der Waals surface area contributed by atoms with E-state index in [9.17, 15) is 4.79 Å². The topological polar surface area (TPSA) is 23.6 Å². The van der Waals surface area contributed by atoms with Crippen LogP contribution in [0.3, 0.4) is 0 Å². The van der Waals surface area contributed by atoms with Crippen LogP contribution in [0, 0.1) is 5.92 Å². The largest absolute Gasteiger partial charge is 0.340 e. The number of benzene rings is 2. The molecule has 1 aliphatic heterocycles. The van der Waals surface area contributed by atoms with Gasteiger partial charge in [-0.1, -0.05) is 74.5 Å². The molecule has 3 rings (SSSR count). The van der Waals surface area contributed by atoms with Gasteiger partial charge in [0.2, 0.25) is 5.91 Å². The smallest absolute Gasteiger partial charge is 0.222 e. The molecule has 0 aliphatic carbocycles. The second kappa shape index (κ2) is 8.30. The van der Waals surface area contributed by atoms with E-state index in [2.05, 4.69) is 79.4 Å². The lowest BCUT2D eigenvalue weighted by atomic mass is 9.96. The van der Waals surface area contributed by atoms with E-state index in [1.807, 2.05) is 4.90 Å². The molecule has 25 heavy (non-hydrogen) atoms. The molecule has 0 radical (unpaired) electrons. The van der Waals surface area contributed by atoms with Crippen LogP contribution in [-0.4, -0.2) is 41.9 Å². The van der Waals surface area contributed by atoms with Crippen molar-refractivity contribution in [2.75, 3.05) is 26.2 Å². The second-order valence-electron chi connectivity index (χ2n) is 7.24. The summed E-state index contributed by atoms with van der Waals surface area (Å²) < 4.78 is 0. The fourth-order valence-corrected chi connectivity index (χ4v) is 3.59. The zero-order valence-electron chi connectivity index (χ0n) is 15.3. The number of nitrogens with zero attached hydrogens (tertiary/aromatic N) is 2. The lowest BCUT2D eigenvalue weighted by molar-refractivity contribution is -0.133. The quantitative estimate of drug-likeness (QED) is 0.825. The van der Waals surface area contributed by atoms with Gasteiger partial charge in [-0.15, -0.1) is 0 Å². The SMILES string of the molecule is CC(C)CC(=O)N1CCN(C(c2ccccc2)c2ccccc2)CC1. The van der Waals surface area contributed by atoms with Gasteiger partial charge in [0, 0.05) is 32.6 Å². The summed E-state index contributed by atoms with van der Waals surface area (Å²) in [5.74, 6) is 0.720. The molecule has 0 aromatic heterocycles. The van der Waals surface area contributed by atoms with Crippen LogP contribution in [0.1, 0.15) is 37.4 Å². The van der Waals surface area contributed by atoms with Gasteiger partial charge in [-0.3, -0.25) is 9.69 Å². The first-order valence-electron chi connectivity index (χ1n) is 9.27. The summed E-state index contributed by atoms with van der Waals surface area (Å²) >= 11 is 0. The monoisotopic (exact) mass is 336 g/mol. The minimum absolute atomic E-state index is 0.254. The number of hydrogen-bond acceptors (Lipinski definition) is 2. The van der Waals surface area contributed by atoms with Gasteiger partial charge in [0.15, 0.2) is 0 Å². The summed E-state index contributed by atoms with van der Waals surface area (Å²) in [6.45, 7) is 7.68. The first-order valence-corrected chi connectivity index (χ1v) is 9.27. The van der Waals surface area contributed by atoms with E-state index in [1.165, 1.54) is 11.1 Å². The Hall–Kier alpha value is -2.13. The van der Waals surface area contributed by atoms with E-state index in [0.29, 0.717) is 18.2 Å². The summed E-state index contributed by atoms with van der Waals surface area (Å²) in [6, 6.07) is 21.6. The fourth-order valence-electron chi connectivity index (χ4n) is 3.59. The predicted octanol–water partition coefficient (Wildman–Crippen LogP) is 3.97. The molecule has 0 unspecified atom stereocenters. The molecule has 1 aliphatic rings. The zero-order chi connectivity index (χ0) is 17.6. The minimum Gasteiger partial charge on any atom is -0.340 e. The Balaban J connectivity index is 1.75. The lowest BCUT2D eigenvalue weighted by Gasteiger charge is -2.40. The van der Waals surface area contributed by atoms with Gasteiger partial charge in [0.05, 0.1) is 6.04 Å². The van der Waals surface area contributed by atoms with Crippen molar-refractivity contribution < 1.29 is 4.79 Å². The Labute approximate surface area is 151 Å². The molecule has 2 aromatic rings. The third-order valence-corrected chi connectivity index (χ3v) is 4.85. The molecular formula is C22H28N2O. The van der Waals surface area contributed by atoms with E-state index in [-0.39, 0.29) is 6.04 Å². The number of piperazine rings is 1. The molecule has 1 saturated heterocycles. The molecule has 132 valence electrons. The van der Waals surface area contributed by atoms with Gasteiger partial charge in [-0.2, -0.15) is 0 Å². The normalized spacial score (nSPS) is 15.8. The molecule has 3 nitrogen and oxygen atoms in total. The number of amides is 1. The van der Waals surface area contributed by atoms with E-state index in [4.69, 9.17) is 0 Å². The highest BCUT2D eigenvalue weighted by Crippen LogP contribution is 2.29. The van der Waals surface area contributed by atoms with E-state index in [1.54, 1.807) is 0 Å². The fraction of sp³-hybridized carbons (Fsp3) is 0.409. The number of carbonyl (C=O) groups is 1. The van der Waals surface area contributed by atoms with Crippen LogP contribution in [0.5, 0.6) is 0 Å². The molecule has 0 atom stereocenters. The summed E-state index contributed by atoms with van der Waals surface area (Å²) in [7, 11) is 0. The van der Waals surface area contributed by atoms with E-state index in [0.717, 1.165) is 26.2 Å². The van der Waals surface area contributed by atoms with Crippen LogP contribution >= 0.6 is 0 Å². The standard InChI is InChI=1S/C22H28N2O/c1-18(2)17-21(25)23-13-15-24(16-14-23)22(19-9-5-3-6-10-19)20-11-7-4-8-12-20/h3-12,18,22H,13-17H2,1-2H3. The van der Waals surface area contributed by atoms with Crippen LogP contribution in [0.25, 0.3) is 0 Å². The van der Waals surface area contributed by atoms with E-state index < -0.39 is 0 Å². The Morgan fingerprint density at radius 2 is 1.32 bits per heavy atom. The molecule has 1 amide bonds. The Morgan fingerprint density at radius 1 is 0.840 bits per heavy atom. The van der Waals surface area contributed by atoms with Crippen molar-refractivity contribution in [3.8, 4) is 0 Å². The van der Waals surface area contributed by atoms with Crippen LogP contribution in [0.15, 0.2) is 60.7 Å². The van der Waals surface area contributed by atoms with Gasteiger partial charge < -0.3 is 4.90 Å². The molecule has 0 N–H and O–H groups in total. The highest BCUT2D eigenvalue weighted by Gasteiger charge is 2.28. The number of rotatable bonds is 5. The van der Waals surface area contributed by atoms with Crippen molar-refractivity contribution in [2.24, 2.45) is 5.92 Å². The predicted molar refractivity (Wildman–Crippen MR) is 102 cm³/mol. The van der Waals surface area contributed by atoms with Crippen LogP contribution < -0.4 is 0 Å². The van der Waals surface area contributed by atoms with Crippen molar-refractivity contribution in [3.63, 3.8) is 0 Å². The summed E-state index contributed by atoms with van der Waals surface area (Å²) in [4.78, 5) is 16.9. The summed E-state index contributed by atoms with van der Waals surface area (Å²) in [5.41, 5.74) is 2.63. The van der Waals surface area contributed by atoms with Gasteiger partial charge in [0.1, 0.15) is 0 Å². The van der Waals surface area contributed by atoms with Crippen LogP contribution in [0.4, 0.5) is 0 Å². The van der Waals surface area contributed by atoms with Crippen molar-refractivity contribution >= 4 is 5.91 Å². The van der Waals surface area contributed by atoms with Gasteiger partial charge >= 0.3 is 0 Å². The van der Waals surface area contributed by atoms with Crippen molar-refractivity contribution in [1.82, 2.24) is 9.80 Å². The Morgan fingerprint density at radius 3 is 1.76 bits per heavy atom. The second-order valence-corrected chi connectivity index (χ2v) is 7.24. The third kappa shape index (κ3) is 4.49. The van der Waals surface area contributed by atoms with Crippen molar-refractivity contribution in [2.45, 2.75) is 26.3 Å². The number of hydrogen-bond donors (Lipinski definition) is 0. The van der Waals surface area contributed by atoms with E-state index >= 15 is 0 Å². The molecule has 3 heteroatoms. The molecule has 0 bridgehead atoms. The molecule has 0 saturated carbocycles. The maximum absolute atomic E-state index is 12.3. The third-order valence-electron chi connectivity index (χ3n) is 4.85. The van der Waals surface area contributed by atoms with Gasteiger partial charge in [-0.05, 0) is 17.0 Å². The summed E-state index contributed by atoms with van der Waals surface area (Å²) in [5, 5.41) is 0. The molecular weight excluding hydrogens is 308 g/mol. The van der Waals surface area contributed by atoms with Crippen LogP contribution in [0.2, 0.25) is 0 Å². The molecule has 2 aromatic carbocycles. The maximum atomic E-state index is 12.3. The highest BCUT2D eigenvalue weighted by atomic mass is 16.2. The van der Waals surface area contributed by atoms with Crippen molar-refractivity contribution in [1.29, 1.82) is 0 Å². The first kappa shape index (κ1) is 17.7. The number of carbonyl (C=O) groups excluding carboxylic acids is 1. The maximum Gasteiger partial charge on any atom is 0.222 e. The van der Waals surface area contributed by atoms with Gasteiger partial charge in [0.25, 0.3) is 0 Å². The van der Waals surface area contributed by atoms with Gasteiger partial charge in [-0.25, -0.2) is 0 Å². The lowest BCUT2D eigenvalue weighted by Crippen LogP contribution is -2.50. The average molecular weight is 336 g/mol. The highest BCUT2D eigenvalue weighted by molar-refractivity contribution is 5.76. The zero-order valence-corrected chi connectivity index (χ0v) is 15.3. The first-order chi connectivity index (χ1) is 12.1. The molecule has 0 spiro atoms. The van der Waals surface area contributed by atoms with Crippen molar-refractivity contribution in [3.05, 3.63) is 71.8 Å². The van der Waals surface area contributed by atoms with Crippen LogP contribution in [-0.2, 0) is 4.79 Å². The molecule has 1 heterocycles. The minimum atomic E-state index is 0.254. The Kier molecular flexibility index (Phi) is 5.87. The summed E-state index contributed by atoms with van der Waals surface area (Å²) in [6.07, 6.45) is 0.654. The average Bonchev–Trinajstić information content (AvgIpc) is 2.64. The molecule has 1 fully saturated rings. The Bertz CT molecular complexity index is 621.